The molecule has 0 radical (unpaired) electrons. The van der Waals surface area contributed by atoms with E-state index in [0.29, 0.717) is 10.8 Å². The summed E-state index contributed by atoms with van der Waals surface area (Å²) >= 11 is 5.85. The van der Waals surface area contributed by atoms with Crippen molar-refractivity contribution in [3.63, 3.8) is 0 Å². The van der Waals surface area contributed by atoms with Crippen molar-refractivity contribution in [2.45, 2.75) is 12.3 Å². The molecule has 3 rings (SSSR count). The lowest BCUT2D eigenvalue weighted by Crippen LogP contribution is -2.27. The number of sulfonamides is 1. The summed E-state index contributed by atoms with van der Waals surface area (Å²) < 4.78 is 31.3. The lowest BCUT2D eigenvalue weighted by atomic mass is 10.2. The molecule has 0 spiro atoms. The maximum atomic E-state index is 12.4. The molecule has 0 bridgehead atoms. The van der Waals surface area contributed by atoms with Gasteiger partial charge in [-0.05, 0) is 29.8 Å². The maximum Gasteiger partial charge on any atom is 0.242 e. The fourth-order valence-corrected chi connectivity index (χ4v) is 3.49. The molecule has 2 aromatic carbocycles. The average molecular weight is 378 g/mol. The summed E-state index contributed by atoms with van der Waals surface area (Å²) in [5.74, 6) is 0.535. The van der Waals surface area contributed by atoms with Gasteiger partial charge in [0.1, 0.15) is 0 Å². The van der Waals surface area contributed by atoms with E-state index < -0.39 is 10.0 Å². The Balaban J connectivity index is 1.70. The molecule has 0 amide bonds. The van der Waals surface area contributed by atoms with E-state index in [1.165, 1.54) is 11.4 Å². The maximum absolute atomic E-state index is 12.4. The van der Waals surface area contributed by atoms with Crippen molar-refractivity contribution in [3.05, 3.63) is 71.1 Å². The molecule has 0 fully saturated rings. The Bertz CT molecular complexity index is 941. The first kappa shape index (κ1) is 17.6. The van der Waals surface area contributed by atoms with Crippen LogP contribution in [0.3, 0.4) is 0 Å². The molecule has 3 aromatic rings. The van der Waals surface area contributed by atoms with E-state index in [9.17, 15) is 8.42 Å². The van der Waals surface area contributed by atoms with Gasteiger partial charge < -0.3 is 4.52 Å². The Kier molecular flexibility index (Phi) is 5.17. The number of aromatic nitrogens is 2. The molecular formula is C17H16ClN3O3S. The third-order valence-electron chi connectivity index (χ3n) is 3.60. The number of rotatable bonds is 6. The fourth-order valence-electron chi connectivity index (χ4n) is 2.22. The number of halogens is 1. The van der Waals surface area contributed by atoms with Crippen LogP contribution in [0.25, 0.3) is 11.4 Å². The summed E-state index contributed by atoms with van der Waals surface area (Å²) in [6, 6.07) is 16.0. The SMILES string of the molecule is CN(Cc1nc(-c2ccc(Cl)cc2)no1)S(=O)(=O)Cc1ccccc1. The zero-order valence-corrected chi connectivity index (χ0v) is 15.0. The molecule has 0 saturated heterocycles. The quantitative estimate of drug-likeness (QED) is 0.658. The third-order valence-corrected chi connectivity index (χ3v) is 5.62. The summed E-state index contributed by atoms with van der Waals surface area (Å²) in [6.07, 6.45) is 0. The number of hydrogen-bond acceptors (Lipinski definition) is 5. The van der Waals surface area contributed by atoms with Crippen LogP contribution in [0.15, 0.2) is 59.1 Å². The topological polar surface area (TPSA) is 76.3 Å². The van der Waals surface area contributed by atoms with Crippen LogP contribution in [-0.4, -0.2) is 29.9 Å². The Morgan fingerprint density at radius 3 is 2.44 bits per heavy atom. The molecule has 1 aromatic heterocycles. The largest absolute Gasteiger partial charge is 0.338 e. The normalized spacial score (nSPS) is 11.8. The first-order valence-corrected chi connectivity index (χ1v) is 9.49. The minimum absolute atomic E-state index is 0.00968. The minimum atomic E-state index is -3.48. The van der Waals surface area contributed by atoms with Crippen molar-refractivity contribution < 1.29 is 12.9 Å². The highest BCUT2D eigenvalue weighted by Crippen LogP contribution is 2.19. The van der Waals surface area contributed by atoms with Crippen LogP contribution in [-0.2, 0) is 22.3 Å². The van der Waals surface area contributed by atoms with E-state index in [4.69, 9.17) is 16.1 Å². The van der Waals surface area contributed by atoms with Gasteiger partial charge in [0, 0.05) is 17.6 Å². The van der Waals surface area contributed by atoms with Crippen molar-refractivity contribution in [3.8, 4) is 11.4 Å². The Morgan fingerprint density at radius 1 is 1.08 bits per heavy atom. The molecule has 0 aliphatic heterocycles. The third kappa shape index (κ3) is 4.45. The van der Waals surface area contributed by atoms with Gasteiger partial charge in [-0.15, -0.1) is 0 Å². The van der Waals surface area contributed by atoms with Crippen molar-refractivity contribution in [2.24, 2.45) is 0 Å². The highest BCUT2D eigenvalue weighted by atomic mass is 35.5. The number of benzene rings is 2. The van der Waals surface area contributed by atoms with Gasteiger partial charge in [0.15, 0.2) is 0 Å². The van der Waals surface area contributed by atoms with Gasteiger partial charge in [-0.2, -0.15) is 9.29 Å². The molecule has 0 N–H and O–H groups in total. The van der Waals surface area contributed by atoms with Crippen LogP contribution in [0.4, 0.5) is 0 Å². The monoisotopic (exact) mass is 377 g/mol. The van der Waals surface area contributed by atoms with Gasteiger partial charge in [-0.3, -0.25) is 0 Å². The molecule has 1 heterocycles. The lowest BCUT2D eigenvalue weighted by Gasteiger charge is -2.14. The van der Waals surface area contributed by atoms with Gasteiger partial charge in [0.2, 0.25) is 21.7 Å². The summed E-state index contributed by atoms with van der Waals surface area (Å²) in [5.41, 5.74) is 1.47. The van der Waals surface area contributed by atoms with Crippen LogP contribution in [0, 0.1) is 0 Å². The number of hydrogen-bond donors (Lipinski definition) is 0. The predicted molar refractivity (Wildman–Crippen MR) is 95.3 cm³/mol. The smallest absolute Gasteiger partial charge is 0.242 e. The van der Waals surface area contributed by atoms with Gasteiger partial charge in [-0.1, -0.05) is 47.1 Å². The Hall–Kier alpha value is -2.22. The molecular weight excluding hydrogens is 362 g/mol. The molecule has 25 heavy (non-hydrogen) atoms. The standard InChI is InChI=1S/C17H16ClN3O3S/c1-21(25(22,23)12-13-5-3-2-4-6-13)11-16-19-17(20-24-16)14-7-9-15(18)10-8-14/h2-10H,11-12H2,1H3. The number of nitrogens with zero attached hydrogens (tertiary/aromatic N) is 3. The van der Waals surface area contributed by atoms with Crippen LogP contribution >= 0.6 is 11.6 Å². The summed E-state index contributed by atoms with van der Waals surface area (Å²) in [7, 11) is -1.99. The van der Waals surface area contributed by atoms with Crippen LogP contribution in [0.2, 0.25) is 5.02 Å². The van der Waals surface area contributed by atoms with E-state index in [1.807, 2.05) is 6.07 Å². The van der Waals surface area contributed by atoms with Crippen LogP contribution in [0.1, 0.15) is 11.5 Å². The Labute approximate surface area is 151 Å². The van der Waals surface area contributed by atoms with Gasteiger partial charge in [0.25, 0.3) is 0 Å². The molecule has 0 unspecified atom stereocenters. The van der Waals surface area contributed by atoms with E-state index in [2.05, 4.69) is 10.1 Å². The summed E-state index contributed by atoms with van der Waals surface area (Å²) in [4.78, 5) is 4.24. The van der Waals surface area contributed by atoms with E-state index in [0.717, 1.165) is 11.1 Å². The second kappa shape index (κ2) is 7.35. The second-order valence-electron chi connectivity index (χ2n) is 5.52. The van der Waals surface area contributed by atoms with E-state index in [1.54, 1.807) is 48.5 Å². The zero-order chi connectivity index (χ0) is 17.9. The van der Waals surface area contributed by atoms with Gasteiger partial charge in [-0.25, -0.2) is 8.42 Å². The van der Waals surface area contributed by atoms with Crippen molar-refractivity contribution >= 4 is 21.6 Å². The minimum Gasteiger partial charge on any atom is -0.338 e. The van der Waals surface area contributed by atoms with Crippen molar-refractivity contribution in [1.82, 2.24) is 14.4 Å². The van der Waals surface area contributed by atoms with Crippen LogP contribution < -0.4 is 0 Å². The summed E-state index contributed by atoms with van der Waals surface area (Å²) in [6.45, 7) is 0.00968. The first-order chi connectivity index (χ1) is 11.9. The first-order valence-electron chi connectivity index (χ1n) is 7.50. The molecule has 0 aliphatic rings. The molecule has 130 valence electrons. The second-order valence-corrected chi connectivity index (χ2v) is 8.03. The van der Waals surface area contributed by atoms with E-state index in [-0.39, 0.29) is 18.2 Å². The highest BCUT2D eigenvalue weighted by Gasteiger charge is 2.21. The van der Waals surface area contributed by atoms with Crippen molar-refractivity contribution in [1.29, 1.82) is 0 Å². The molecule has 0 saturated carbocycles. The average Bonchev–Trinajstić information content (AvgIpc) is 3.04. The highest BCUT2D eigenvalue weighted by molar-refractivity contribution is 7.88. The van der Waals surface area contributed by atoms with Gasteiger partial charge >= 0.3 is 0 Å². The molecule has 0 aliphatic carbocycles. The van der Waals surface area contributed by atoms with Gasteiger partial charge in [0.05, 0.1) is 12.3 Å². The Morgan fingerprint density at radius 2 is 1.76 bits per heavy atom. The lowest BCUT2D eigenvalue weighted by molar-refractivity contribution is 0.336. The molecule has 0 atom stereocenters. The zero-order valence-electron chi connectivity index (χ0n) is 13.5. The molecule has 8 heteroatoms. The van der Waals surface area contributed by atoms with Crippen molar-refractivity contribution in [2.75, 3.05) is 7.05 Å². The summed E-state index contributed by atoms with van der Waals surface area (Å²) in [5, 5.41) is 4.49. The molecule has 6 nitrogen and oxygen atoms in total. The van der Waals surface area contributed by atoms with Crippen LogP contribution in [0.5, 0.6) is 0 Å². The van der Waals surface area contributed by atoms with E-state index >= 15 is 0 Å². The fraction of sp³-hybridized carbons (Fsp3) is 0.176. The predicted octanol–water partition coefficient (Wildman–Crippen LogP) is 3.35.